The molecule has 3 rings (SSSR count). The van der Waals surface area contributed by atoms with Gasteiger partial charge < -0.3 is 19.4 Å². The van der Waals surface area contributed by atoms with Crippen LogP contribution in [0.4, 0.5) is 0 Å². The van der Waals surface area contributed by atoms with E-state index in [9.17, 15) is 9.90 Å². The second-order valence-corrected chi connectivity index (χ2v) is 5.25. The van der Waals surface area contributed by atoms with Gasteiger partial charge in [-0.2, -0.15) is 0 Å². The van der Waals surface area contributed by atoms with Gasteiger partial charge in [-0.15, -0.1) is 0 Å². The van der Waals surface area contributed by atoms with E-state index in [-0.39, 0.29) is 12.4 Å². The van der Waals surface area contributed by atoms with Crippen LogP contribution in [-0.2, 0) is 0 Å². The summed E-state index contributed by atoms with van der Waals surface area (Å²) < 4.78 is 10.2. The highest BCUT2D eigenvalue weighted by Gasteiger charge is 2.20. The van der Waals surface area contributed by atoms with Gasteiger partial charge in [0.05, 0.1) is 12.9 Å². The molecule has 0 aliphatic heterocycles. The van der Waals surface area contributed by atoms with Crippen molar-refractivity contribution < 1.29 is 18.8 Å². The van der Waals surface area contributed by atoms with Crippen LogP contribution in [0.3, 0.4) is 0 Å². The first kappa shape index (κ1) is 15.3. The van der Waals surface area contributed by atoms with Crippen LogP contribution >= 0.6 is 11.6 Å². The normalized spacial score (nSPS) is 12.1. The number of aliphatic hydroxyl groups excluding tert-OH is 1. The molecule has 0 aliphatic carbocycles. The first-order valence-electron chi connectivity index (χ1n) is 6.85. The third-order valence-corrected chi connectivity index (χ3v) is 3.46. The smallest absolute Gasteiger partial charge is 0.290 e. The molecule has 118 valence electrons. The van der Waals surface area contributed by atoms with E-state index in [1.54, 1.807) is 30.3 Å². The summed E-state index contributed by atoms with van der Waals surface area (Å²) in [7, 11) is 0. The Morgan fingerprint density at radius 1 is 1.30 bits per heavy atom. The number of furan rings is 1. The van der Waals surface area contributed by atoms with Crippen molar-refractivity contribution in [1.29, 1.82) is 0 Å². The van der Waals surface area contributed by atoms with E-state index in [1.165, 1.54) is 12.3 Å². The molecule has 1 aromatic carbocycles. The fourth-order valence-corrected chi connectivity index (χ4v) is 2.28. The van der Waals surface area contributed by atoms with Gasteiger partial charge in [-0.25, -0.2) is 0 Å². The Labute approximate surface area is 136 Å². The number of amides is 1. The number of nitrogens with one attached hydrogen (secondary N) is 1. The molecular formula is C16H13ClN2O4. The monoisotopic (exact) mass is 332 g/mol. The number of rotatable bonds is 5. The maximum atomic E-state index is 12.2. The summed E-state index contributed by atoms with van der Waals surface area (Å²) >= 11 is 5.93. The molecule has 0 saturated heterocycles. The Morgan fingerprint density at radius 3 is 2.87 bits per heavy atom. The zero-order chi connectivity index (χ0) is 16.2. The van der Waals surface area contributed by atoms with Crippen molar-refractivity contribution >= 4 is 17.5 Å². The Bertz CT molecular complexity index is 798. The number of benzene rings is 1. The summed E-state index contributed by atoms with van der Waals surface area (Å²) in [5.41, 5.74) is 1.24. The van der Waals surface area contributed by atoms with Gasteiger partial charge in [-0.1, -0.05) is 28.9 Å². The highest BCUT2D eigenvalue weighted by Crippen LogP contribution is 2.23. The molecule has 0 spiro atoms. The lowest BCUT2D eigenvalue weighted by Crippen LogP contribution is -2.30. The Morgan fingerprint density at radius 2 is 2.17 bits per heavy atom. The van der Waals surface area contributed by atoms with Crippen molar-refractivity contribution in [3.63, 3.8) is 0 Å². The highest BCUT2D eigenvalue weighted by atomic mass is 35.5. The molecule has 3 aromatic rings. The van der Waals surface area contributed by atoms with Crippen molar-refractivity contribution in [3.05, 3.63) is 65.3 Å². The van der Waals surface area contributed by atoms with E-state index >= 15 is 0 Å². The van der Waals surface area contributed by atoms with Gasteiger partial charge in [0.1, 0.15) is 17.5 Å². The molecule has 0 bridgehead atoms. The molecule has 1 atom stereocenters. The van der Waals surface area contributed by atoms with E-state index in [2.05, 4.69) is 10.5 Å². The summed E-state index contributed by atoms with van der Waals surface area (Å²) in [5, 5.41) is 16.4. The fourth-order valence-electron chi connectivity index (χ4n) is 2.09. The molecule has 6 nitrogen and oxygen atoms in total. The van der Waals surface area contributed by atoms with Crippen LogP contribution in [0.25, 0.3) is 11.3 Å². The second-order valence-electron chi connectivity index (χ2n) is 4.81. The average molecular weight is 333 g/mol. The summed E-state index contributed by atoms with van der Waals surface area (Å²) in [5.74, 6) is -0.0124. The van der Waals surface area contributed by atoms with E-state index in [0.29, 0.717) is 16.5 Å². The molecule has 1 unspecified atom stereocenters. The molecule has 0 aliphatic rings. The van der Waals surface area contributed by atoms with Crippen LogP contribution < -0.4 is 5.32 Å². The number of carbonyl (C=O) groups excluding carboxylic acids is 1. The maximum Gasteiger partial charge on any atom is 0.290 e. The van der Waals surface area contributed by atoms with Gasteiger partial charge in [0.2, 0.25) is 5.76 Å². The van der Waals surface area contributed by atoms with Crippen LogP contribution in [0.2, 0.25) is 5.02 Å². The average Bonchev–Trinajstić information content (AvgIpc) is 3.23. The van der Waals surface area contributed by atoms with E-state index < -0.39 is 11.9 Å². The van der Waals surface area contributed by atoms with E-state index in [0.717, 1.165) is 5.56 Å². The number of hydrogen-bond donors (Lipinski definition) is 2. The van der Waals surface area contributed by atoms with Crippen molar-refractivity contribution in [1.82, 2.24) is 10.5 Å². The molecule has 23 heavy (non-hydrogen) atoms. The molecule has 2 N–H and O–H groups in total. The van der Waals surface area contributed by atoms with E-state index in [1.807, 2.05) is 6.07 Å². The molecule has 0 fully saturated rings. The van der Waals surface area contributed by atoms with Gasteiger partial charge in [0.15, 0.2) is 0 Å². The van der Waals surface area contributed by atoms with Crippen LogP contribution in [0.5, 0.6) is 0 Å². The summed E-state index contributed by atoms with van der Waals surface area (Å²) in [6.07, 6.45) is 1.47. The lowest BCUT2D eigenvalue weighted by molar-refractivity contribution is 0.0870. The Kier molecular flexibility index (Phi) is 4.45. The lowest BCUT2D eigenvalue weighted by Gasteiger charge is -2.12. The van der Waals surface area contributed by atoms with Crippen LogP contribution in [0, 0.1) is 0 Å². The van der Waals surface area contributed by atoms with Gasteiger partial charge in [0.25, 0.3) is 5.91 Å². The fraction of sp³-hybridized carbons (Fsp3) is 0.125. The topological polar surface area (TPSA) is 88.5 Å². The predicted octanol–water partition coefficient (Wildman–Crippen LogP) is 3.05. The minimum absolute atomic E-state index is 0.0324. The highest BCUT2D eigenvalue weighted by molar-refractivity contribution is 6.30. The zero-order valence-corrected chi connectivity index (χ0v) is 12.7. The molecule has 1 amide bonds. The zero-order valence-electron chi connectivity index (χ0n) is 11.9. The number of aliphatic hydroxyl groups is 1. The third-order valence-electron chi connectivity index (χ3n) is 3.23. The van der Waals surface area contributed by atoms with E-state index in [4.69, 9.17) is 20.5 Å². The first-order valence-corrected chi connectivity index (χ1v) is 7.23. The minimum Gasteiger partial charge on any atom is -0.467 e. The van der Waals surface area contributed by atoms with Crippen LogP contribution in [-0.4, -0.2) is 22.8 Å². The SMILES string of the molecule is O=C(NC(CO)c1ccco1)c1cc(-c2cccc(Cl)c2)no1. The largest absolute Gasteiger partial charge is 0.467 e. The molecule has 7 heteroatoms. The maximum absolute atomic E-state index is 12.2. The number of carbonyl (C=O) groups is 1. The summed E-state index contributed by atoms with van der Waals surface area (Å²) in [4.78, 5) is 12.2. The number of aromatic nitrogens is 1. The van der Waals surface area contributed by atoms with Gasteiger partial charge in [-0.3, -0.25) is 4.79 Å². The lowest BCUT2D eigenvalue weighted by atomic mass is 10.1. The van der Waals surface area contributed by atoms with Crippen molar-refractivity contribution in [2.75, 3.05) is 6.61 Å². The van der Waals surface area contributed by atoms with Crippen LogP contribution in [0.1, 0.15) is 22.4 Å². The number of nitrogens with zero attached hydrogens (tertiary/aromatic N) is 1. The molecule has 2 heterocycles. The second kappa shape index (κ2) is 6.68. The minimum atomic E-state index is -0.655. The number of hydrogen-bond acceptors (Lipinski definition) is 5. The Balaban J connectivity index is 1.76. The molecule has 0 radical (unpaired) electrons. The summed E-state index contributed by atoms with van der Waals surface area (Å²) in [6, 6.07) is 11.3. The summed E-state index contributed by atoms with van der Waals surface area (Å²) in [6.45, 7) is -0.297. The van der Waals surface area contributed by atoms with Crippen LogP contribution in [0.15, 0.2) is 57.7 Å². The van der Waals surface area contributed by atoms with Gasteiger partial charge in [-0.05, 0) is 24.3 Å². The Hall–Kier alpha value is -2.57. The van der Waals surface area contributed by atoms with Gasteiger partial charge >= 0.3 is 0 Å². The predicted molar refractivity (Wildman–Crippen MR) is 83.0 cm³/mol. The quantitative estimate of drug-likeness (QED) is 0.749. The first-order chi connectivity index (χ1) is 11.2. The van der Waals surface area contributed by atoms with Crippen molar-refractivity contribution in [2.24, 2.45) is 0 Å². The van der Waals surface area contributed by atoms with Crippen molar-refractivity contribution in [3.8, 4) is 11.3 Å². The molecule has 2 aromatic heterocycles. The standard InChI is InChI=1S/C16H13ClN2O4/c17-11-4-1-3-10(7-11)12-8-15(23-19-12)16(21)18-13(9-20)14-5-2-6-22-14/h1-8,13,20H,9H2,(H,18,21). The number of halogens is 1. The molecular weight excluding hydrogens is 320 g/mol. The third kappa shape index (κ3) is 3.44. The molecule has 0 saturated carbocycles. The van der Waals surface area contributed by atoms with Gasteiger partial charge in [0, 0.05) is 16.7 Å². The van der Waals surface area contributed by atoms with Crippen molar-refractivity contribution in [2.45, 2.75) is 6.04 Å².